The van der Waals surface area contributed by atoms with Crippen LogP contribution < -0.4 is 0 Å². The van der Waals surface area contributed by atoms with E-state index in [9.17, 15) is 5.11 Å². The molecule has 3 rings (SSSR count). The number of hydrogen-bond donors (Lipinski definition) is 1. The Morgan fingerprint density at radius 1 is 1.31 bits per heavy atom. The molecular formula is C10H14ClN3OS. The van der Waals surface area contributed by atoms with Gasteiger partial charge in [-0.25, -0.2) is 0 Å². The molecule has 0 amide bonds. The van der Waals surface area contributed by atoms with E-state index in [1.165, 1.54) is 24.2 Å². The van der Waals surface area contributed by atoms with Crippen LogP contribution >= 0.6 is 22.9 Å². The molecule has 4 nitrogen and oxygen atoms in total. The van der Waals surface area contributed by atoms with Gasteiger partial charge < -0.3 is 5.11 Å². The van der Waals surface area contributed by atoms with Crippen molar-refractivity contribution in [3.8, 4) is 0 Å². The first-order valence-electron chi connectivity index (χ1n) is 5.64. The zero-order valence-corrected chi connectivity index (χ0v) is 10.4. The Morgan fingerprint density at radius 3 is 2.56 bits per heavy atom. The lowest BCUT2D eigenvalue weighted by atomic mass is 10.0. The lowest BCUT2D eigenvalue weighted by Gasteiger charge is -2.36. The molecular weight excluding hydrogens is 246 g/mol. The predicted molar refractivity (Wildman–Crippen MR) is 62.5 cm³/mol. The summed E-state index contributed by atoms with van der Waals surface area (Å²) in [5, 5.41) is 18.6. The molecule has 2 unspecified atom stereocenters. The Morgan fingerprint density at radius 2 is 2.00 bits per heavy atom. The van der Waals surface area contributed by atoms with Crippen molar-refractivity contribution in [2.75, 3.05) is 0 Å². The second kappa shape index (κ2) is 4.22. The van der Waals surface area contributed by atoms with Gasteiger partial charge in [0.15, 0.2) is 0 Å². The number of aliphatic hydroxyl groups is 1. The van der Waals surface area contributed by atoms with E-state index >= 15 is 0 Å². The highest BCUT2D eigenvalue weighted by Crippen LogP contribution is 2.37. The van der Waals surface area contributed by atoms with E-state index < -0.39 is 0 Å². The molecule has 2 atom stereocenters. The first-order valence-corrected chi connectivity index (χ1v) is 6.83. The van der Waals surface area contributed by atoms with Crippen molar-refractivity contribution < 1.29 is 5.11 Å². The van der Waals surface area contributed by atoms with Crippen LogP contribution in [0, 0.1) is 0 Å². The van der Waals surface area contributed by atoms with E-state index in [0.717, 1.165) is 24.4 Å². The third-order valence-electron chi connectivity index (χ3n) is 3.62. The van der Waals surface area contributed by atoms with E-state index in [-0.39, 0.29) is 6.10 Å². The van der Waals surface area contributed by atoms with Crippen molar-refractivity contribution in [3.63, 3.8) is 0 Å². The van der Waals surface area contributed by atoms with Gasteiger partial charge in [-0.2, -0.15) is 0 Å². The Bertz CT molecular complexity index is 372. The summed E-state index contributed by atoms with van der Waals surface area (Å²) < 4.78 is 0.513. The van der Waals surface area contributed by atoms with Gasteiger partial charge in [-0.05, 0) is 37.3 Å². The molecule has 0 spiro atoms. The standard InChI is InChI=1S/C10H14ClN3OS/c11-10-13-12-9(16-10)5-14-6-1-2-7(14)4-8(15)3-6/h6-8,15H,1-5H2. The summed E-state index contributed by atoms with van der Waals surface area (Å²) in [5.41, 5.74) is 0. The second-order valence-electron chi connectivity index (χ2n) is 4.63. The molecule has 1 N–H and O–H groups in total. The van der Waals surface area contributed by atoms with E-state index in [2.05, 4.69) is 15.1 Å². The summed E-state index contributed by atoms with van der Waals surface area (Å²) >= 11 is 7.23. The minimum atomic E-state index is -0.105. The highest BCUT2D eigenvalue weighted by atomic mass is 35.5. The van der Waals surface area contributed by atoms with Crippen LogP contribution in [-0.4, -0.2) is 38.4 Å². The average molecular weight is 260 g/mol. The van der Waals surface area contributed by atoms with Gasteiger partial charge in [0.1, 0.15) is 5.01 Å². The van der Waals surface area contributed by atoms with Gasteiger partial charge in [-0.3, -0.25) is 4.90 Å². The second-order valence-corrected chi connectivity index (χ2v) is 6.28. The van der Waals surface area contributed by atoms with Crippen molar-refractivity contribution in [2.24, 2.45) is 0 Å². The molecule has 1 aromatic heterocycles. The van der Waals surface area contributed by atoms with Crippen molar-refractivity contribution >= 4 is 22.9 Å². The zero-order chi connectivity index (χ0) is 11.1. The Balaban J connectivity index is 1.72. The highest BCUT2D eigenvalue weighted by Gasteiger charge is 2.40. The molecule has 2 bridgehead atoms. The molecule has 2 aliphatic rings. The number of hydrogen-bond acceptors (Lipinski definition) is 5. The molecule has 0 aliphatic carbocycles. The number of rotatable bonds is 2. The predicted octanol–water partition coefficient (Wildman–Crippen LogP) is 1.68. The molecule has 2 aliphatic heterocycles. The summed E-state index contributed by atoms with van der Waals surface area (Å²) in [6.07, 6.45) is 4.11. The van der Waals surface area contributed by atoms with Crippen molar-refractivity contribution in [3.05, 3.63) is 9.47 Å². The van der Waals surface area contributed by atoms with Gasteiger partial charge in [0.25, 0.3) is 0 Å². The van der Waals surface area contributed by atoms with Gasteiger partial charge in [-0.1, -0.05) is 11.3 Å². The van der Waals surface area contributed by atoms with Crippen LogP contribution in [0.25, 0.3) is 0 Å². The van der Waals surface area contributed by atoms with Crippen LogP contribution in [0.4, 0.5) is 0 Å². The highest BCUT2D eigenvalue weighted by molar-refractivity contribution is 7.15. The fraction of sp³-hybridized carbons (Fsp3) is 0.800. The minimum absolute atomic E-state index is 0.105. The van der Waals surface area contributed by atoms with Gasteiger partial charge in [0.05, 0.1) is 12.6 Å². The van der Waals surface area contributed by atoms with Gasteiger partial charge in [0.2, 0.25) is 4.47 Å². The summed E-state index contributed by atoms with van der Waals surface area (Å²) in [6, 6.07) is 1.05. The van der Waals surface area contributed by atoms with Crippen LogP contribution in [0.2, 0.25) is 4.47 Å². The SMILES string of the molecule is OC1CC2CCC(C1)N2Cc1nnc(Cl)s1. The molecule has 1 aromatic rings. The van der Waals surface area contributed by atoms with E-state index in [0.29, 0.717) is 16.6 Å². The molecule has 88 valence electrons. The number of halogens is 1. The lowest BCUT2D eigenvalue weighted by molar-refractivity contribution is 0.0309. The maximum Gasteiger partial charge on any atom is 0.207 e. The molecule has 0 radical (unpaired) electrons. The first-order chi connectivity index (χ1) is 7.72. The zero-order valence-electron chi connectivity index (χ0n) is 8.84. The third-order valence-corrected chi connectivity index (χ3v) is 4.62. The summed E-state index contributed by atoms with van der Waals surface area (Å²) in [5.74, 6) is 0. The van der Waals surface area contributed by atoms with Crippen LogP contribution in [0.3, 0.4) is 0 Å². The van der Waals surface area contributed by atoms with Gasteiger partial charge in [-0.15, -0.1) is 10.2 Å². The largest absolute Gasteiger partial charge is 0.393 e. The van der Waals surface area contributed by atoms with Gasteiger partial charge in [0, 0.05) is 12.1 Å². The van der Waals surface area contributed by atoms with Crippen LogP contribution in [-0.2, 0) is 6.54 Å². The molecule has 0 aromatic carbocycles. The fourth-order valence-electron chi connectivity index (χ4n) is 2.96. The van der Waals surface area contributed by atoms with E-state index in [4.69, 9.17) is 11.6 Å². The smallest absolute Gasteiger partial charge is 0.207 e. The van der Waals surface area contributed by atoms with Crippen molar-refractivity contribution in [2.45, 2.75) is 50.4 Å². The molecule has 0 saturated carbocycles. The van der Waals surface area contributed by atoms with E-state index in [1.807, 2.05) is 0 Å². The number of fused-ring (bicyclic) bond motifs is 2. The average Bonchev–Trinajstić information content (AvgIpc) is 2.72. The topological polar surface area (TPSA) is 49.2 Å². The molecule has 2 saturated heterocycles. The van der Waals surface area contributed by atoms with Crippen LogP contribution in [0.15, 0.2) is 0 Å². The lowest BCUT2D eigenvalue weighted by Crippen LogP contribution is -2.44. The normalized spacial score (nSPS) is 34.5. The van der Waals surface area contributed by atoms with Crippen molar-refractivity contribution in [1.82, 2.24) is 15.1 Å². The van der Waals surface area contributed by atoms with E-state index in [1.54, 1.807) is 0 Å². The Hall–Kier alpha value is -0.230. The van der Waals surface area contributed by atoms with Gasteiger partial charge >= 0.3 is 0 Å². The summed E-state index contributed by atoms with van der Waals surface area (Å²) in [4.78, 5) is 2.46. The first kappa shape index (κ1) is 10.9. The molecule has 3 heterocycles. The molecule has 6 heteroatoms. The number of nitrogens with zero attached hydrogens (tertiary/aromatic N) is 3. The summed E-state index contributed by atoms with van der Waals surface area (Å²) in [6.45, 7) is 0.840. The third kappa shape index (κ3) is 1.97. The monoisotopic (exact) mass is 259 g/mol. The maximum absolute atomic E-state index is 9.70. The Labute approximate surface area is 103 Å². The van der Waals surface area contributed by atoms with Crippen molar-refractivity contribution in [1.29, 1.82) is 0 Å². The molecule has 2 fully saturated rings. The minimum Gasteiger partial charge on any atom is -0.393 e. The molecule has 16 heavy (non-hydrogen) atoms. The number of piperidine rings is 1. The summed E-state index contributed by atoms with van der Waals surface area (Å²) in [7, 11) is 0. The fourth-order valence-corrected chi connectivity index (χ4v) is 3.83. The van der Waals surface area contributed by atoms with Crippen LogP contribution in [0.1, 0.15) is 30.7 Å². The quantitative estimate of drug-likeness (QED) is 0.878. The Kier molecular flexibility index (Phi) is 2.87. The van der Waals surface area contributed by atoms with Crippen LogP contribution in [0.5, 0.6) is 0 Å². The maximum atomic E-state index is 9.70. The number of aliphatic hydroxyl groups excluding tert-OH is 1. The number of aromatic nitrogens is 2.